The number of carbonyl (C=O) groups excluding carboxylic acids is 1. The Kier molecular flexibility index (Phi) is 4.98. The Morgan fingerprint density at radius 2 is 1.78 bits per heavy atom. The molecule has 0 saturated carbocycles. The molecule has 4 rings (SSSR count). The Hall–Kier alpha value is -2.99. The quantitative estimate of drug-likeness (QED) is 0.770. The van der Waals surface area contributed by atoms with Crippen LogP contribution in [0.15, 0.2) is 59.1 Å². The van der Waals surface area contributed by atoms with Gasteiger partial charge < -0.3 is 15.2 Å². The van der Waals surface area contributed by atoms with Crippen LogP contribution < -0.4 is 5.73 Å². The van der Waals surface area contributed by atoms with Crippen LogP contribution in [0.5, 0.6) is 0 Å². The second-order valence-electron chi connectivity index (χ2n) is 6.79. The predicted octanol–water partition coefficient (Wildman–Crippen LogP) is 3.22. The molecule has 0 unspecified atom stereocenters. The number of aromatic nitrogens is 2. The van der Waals surface area contributed by atoms with E-state index in [-0.39, 0.29) is 11.8 Å². The zero-order valence-corrected chi connectivity index (χ0v) is 15.0. The monoisotopic (exact) mass is 362 g/mol. The summed E-state index contributed by atoms with van der Waals surface area (Å²) in [7, 11) is 0. The first-order chi connectivity index (χ1) is 13.2. The van der Waals surface area contributed by atoms with E-state index in [9.17, 15) is 4.79 Å². The van der Waals surface area contributed by atoms with E-state index in [0.29, 0.717) is 31.3 Å². The first-order valence-corrected chi connectivity index (χ1v) is 9.22. The van der Waals surface area contributed by atoms with Crippen LogP contribution in [0, 0.1) is 0 Å². The van der Waals surface area contributed by atoms with Gasteiger partial charge in [0.2, 0.25) is 11.7 Å². The molecule has 0 spiro atoms. The van der Waals surface area contributed by atoms with Gasteiger partial charge in [-0.3, -0.25) is 4.79 Å². The third-order valence-electron chi connectivity index (χ3n) is 5.04. The van der Waals surface area contributed by atoms with E-state index in [1.54, 1.807) is 0 Å². The normalized spacial score (nSPS) is 15.1. The molecule has 0 atom stereocenters. The summed E-state index contributed by atoms with van der Waals surface area (Å²) in [6.07, 6.45) is 1.65. The summed E-state index contributed by atoms with van der Waals surface area (Å²) in [6, 6.07) is 17.3. The highest BCUT2D eigenvalue weighted by molar-refractivity contribution is 5.94. The van der Waals surface area contributed by atoms with Gasteiger partial charge in [-0.1, -0.05) is 47.6 Å². The van der Waals surface area contributed by atoms with E-state index in [1.807, 2.05) is 59.5 Å². The first-order valence-electron chi connectivity index (χ1n) is 9.22. The summed E-state index contributed by atoms with van der Waals surface area (Å²) in [4.78, 5) is 19.0. The summed E-state index contributed by atoms with van der Waals surface area (Å²) in [6.45, 7) is 1.90. The number of hydrogen-bond donors (Lipinski definition) is 1. The Morgan fingerprint density at radius 3 is 2.44 bits per heavy atom. The summed E-state index contributed by atoms with van der Waals surface area (Å²) in [5.74, 6) is 1.52. The number of nitrogens with two attached hydrogens (primary N) is 1. The van der Waals surface area contributed by atoms with Crippen LogP contribution in [0.1, 0.15) is 40.6 Å². The molecule has 6 heteroatoms. The van der Waals surface area contributed by atoms with E-state index < -0.39 is 0 Å². The van der Waals surface area contributed by atoms with Crippen LogP contribution in [0.3, 0.4) is 0 Å². The molecule has 6 nitrogen and oxygen atoms in total. The minimum absolute atomic E-state index is 0.0836. The van der Waals surface area contributed by atoms with Crippen LogP contribution in [-0.2, 0) is 6.54 Å². The molecule has 3 aromatic rings. The summed E-state index contributed by atoms with van der Waals surface area (Å²) in [5, 5.41) is 4.12. The third kappa shape index (κ3) is 3.75. The van der Waals surface area contributed by atoms with Gasteiger partial charge in [0.1, 0.15) is 0 Å². The summed E-state index contributed by atoms with van der Waals surface area (Å²) >= 11 is 0. The van der Waals surface area contributed by atoms with Crippen LogP contribution in [-0.4, -0.2) is 34.0 Å². The van der Waals surface area contributed by atoms with E-state index in [1.165, 1.54) is 0 Å². The van der Waals surface area contributed by atoms with Crippen molar-refractivity contribution in [1.82, 2.24) is 15.0 Å². The van der Waals surface area contributed by atoms with E-state index in [2.05, 4.69) is 10.1 Å². The third-order valence-corrected chi connectivity index (χ3v) is 5.04. The largest absolute Gasteiger partial charge is 0.339 e. The maximum atomic E-state index is 12.5. The molecule has 0 aliphatic carbocycles. The molecule has 1 amide bonds. The molecule has 1 aromatic heterocycles. The molecule has 2 aromatic carbocycles. The fourth-order valence-electron chi connectivity index (χ4n) is 3.40. The van der Waals surface area contributed by atoms with Crippen LogP contribution in [0.2, 0.25) is 0 Å². The van der Waals surface area contributed by atoms with Crippen molar-refractivity contribution in [3.05, 3.63) is 71.6 Å². The smallest absolute Gasteiger partial charge is 0.253 e. The predicted molar refractivity (Wildman–Crippen MR) is 102 cm³/mol. The molecule has 2 heterocycles. The van der Waals surface area contributed by atoms with E-state index >= 15 is 0 Å². The molecule has 1 aliphatic rings. The van der Waals surface area contributed by atoms with Crippen molar-refractivity contribution in [3.8, 4) is 11.4 Å². The number of amides is 1. The van der Waals surface area contributed by atoms with Crippen molar-refractivity contribution < 1.29 is 9.32 Å². The fourth-order valence-corrected chi connectivity index (χ4v) is 3.40. The zero-order valence-electron chi connectivity index (χ0n) is 15.0. The lowest BCUT2D eigenvalue weighted by Gasteiger charge is -2.30. The highest BCUT2D eigenvalue weighted by Gasteiger charge is 2.28. The van der Waals surface area contributed by atoms with Crippen molar-refractivity contribution in [2.24, 2.45) is 5.73 Å². The highest BCUT2D eigenvalue weighted by Crippen LogP contribution is 2.29. The molecule has 0 bridgehead atoms. The first kappa shape index (κ1) is 17.4. The van der Waals surface area contributed by atoms with Crippen LogP contribution >= 0.6 is 0 Å². The van der Waals surface area contributed by atoms with Gasteiger partial charge in [0.15, 0.2) is 0 Å². The molecular formula is C21H22N4O2. The molecular weight excluding hydrogens is 340 g/mol. The molecule has 2 N–H and O–H groups in total. The second kappa shape index (κ2) is 7.72. The fraction of sp³-hybridized carbons (Fsp3) is 0.286. The minimum atomic E-state index is 0.0836. The van der Waals surface area contributed by atoms with Crippen LogP contribution in [0.25, 0.3) is 11.4 Å². The van der Waals surface area contributed by atoms with Crippen molar-refractivity contribution in [3.63, 3.8) is 0 Å². The van der Waals surface area contributed by atoms with Crippen molar-refractivity contribution in [1.29, 1.82) is 0 Å². The summed E-state index contributed by atoms with van der Waals surface area (Å²) < 4.78 is 5.51. The van der Waals surface area contributed by atoms with Gasteiger partial charge in [-0.05, 0) is 30.5 Å². The Labute approximate surface area is 158 Å². The number of benzene rings is 2. The lowest BCUT2D eigenvalue weighted by atomic mass is 9.96. The average molecular weight is 362 g/mol. The van der Waals surface area contributed by atoms with Crippen molar-refractivity contribution in [2.45, 2.75) is 25.3 Å². The number of likely N-dealkylation sites (tertiary alicyclic amines) is 1. The van der Waals surface area contributed by atoms with Crippen molar-refractivity contribution in [2.75, 3.05) is 13.1 Å². The van der Waals surface area contributed by atoms with Gasteiger partial charge in [-0.15, -0.1) is 0 Å². The number of piperidine rings is 1. The molecule has 1 aliphatic heterocycles. The van der Waals surface area contributed by atoms with Gasteiger partial charge in [-0.25, -0.2) is 0 Å². The van der Waals surface area contributed by atoms with Gasteiger partial charge in [0.05, 0.1) is 0 Å². The summed E-state index contributed by atoms with van der Waals surface area (Å²) in [5.41, 5.74) is 8.35. The Morgan fingerprint density at radius 1 is 1.07 bits per heavy atom. The molecule has 1 saturated heterocycles. The number of carbonyl (C=O) groups is 1. The standard InChI is InChI=1S/C21H22N4O2/c22-14-15-6-8-16(9-7-15)19-23-20(27-24-19)17-10-12-25(13-11-17)21(26)18-4-2-1-3-5-18/h1-9,17H,10-14,22H2. The number of hydrogen-bond acceptors (Lipinski definition) is 5. The van der Waals surface area contributed by atoms with Gasteiger partial charge in [0.25, 0.3) is 5.91 Å². The van der Waals surface area contributed by atoms with Gasteiger partial charge >= 0.3 is 0 Å². The SMILES string of the molecule is NCc1ccc(-c2noc(C3CCN(C(=O)c4ccccc4)CC3)n2)cc1. The van der Waals surface area contributed by atoms with Gasteiger partial charge in [-0.2, -0.15) is 4.98 Å². The average Bonchev–Trinajstić information content (AvgIpc) is 3.24. The maximum Gasteiger partial charge on any atom is 0.253 e. The lowest BCUT2D eigenvalue weighted by molar-refractivity contribution is 0.0704. The van der Waals surface area contributed by atoms with Crippen LogP contribution in [0.4, 0.5) is 0 Å². The van der Waals surface area contributed by atoms with E-state index in [4.69, 9.17) is 10.3 Å². The molecule has 0 radical (unpaired) electrons. The molecule has 138 valence electrons. The second-order valence-corrected chi connectivity index (χ2v) is 6.79. The Bertz CT molecular complexity index is 897. The number of nitrogens with zero attached hydrogens (tertiary/aromatic N) is 3. The minimum Gasteiger partial charge on any atom is -0.339 e. The van der Waals surface area contributed by atoms with Crippen molar-refractivity contribution >= 4 is 5.91 Å². The lowest BCUT2D eigenvalue weighted by Crippen LogP contribution is -2.37. The number of rotatable bonds is 4. The highest BCUT2D eigenvalue weighted by atomic mass is 16.5. The topological polar surface area (TPSA) is 85.2 Å². The molecule has 27 heavy (non-hydrogen) atoms. The van der Waals surface area contributed by atoms with Gasteiger partial charge in [0, 0.05) is 36.7 Å². The molecule has 1 fully saturated rings. The maximum absolute atomic E-state index is 12.5. The zero-order chi connectivity index (χ0) is 18.6. The van der Waals surface area contributed by atoms with E-state index in [0.717, 1.165) is 29.5 Å². The Balaban J connectivity index is 1.40.